The number of hydrogen-bond acceptors (Lipinski definition) is 5. The van der Waals surface area contributed by atoms with Gasteiger partial charge in [0.1, 0.15) is 5.57 Å². The zero-order valence-corrected chi connectivity index (χ0v) is 16.9. The molecule has 0 fully saturated rings. The number of aliphatic hydroxyl groups is 1. The van der Waals surface area contributed by atoms with Crippen molar-refractivity contribution in [2.75, 3.05) is 0 Å². The van der Waals surface area contributed by atoms with Gasteiger partial charge in [0.05, 0.1) is 5.41 Å². The number of ether oxygens (including phenoxy) is 1. The van der Waals surface area contributed by atoms with Gasteiger partial charge >= 0.3 is 5.97 Å². The monoisotopic (exact) mass is 354 g/mol. The van der Waals surface area contributed by atoms with Crippen LogP contribution in [0.2, 0.25) is 0 Å². The Bertz CT molecular complexity index is 521. The van der Waals surface area contributed by atoms with Crippen LogP contribution in [0.15, 0.2) is 11.5 Å². The van der Waals surface area contributed by atoms with E-state index in [0.717, 1.165) is 6.42 Å². The number of aliphatic hydroxyl groups excluding tert-OH is 1. The molecular formula is C20H34O5. The van der Waals surface area contributed by atoms with Gasteiger partial charge < -0.3 is 9.84 Å². The van der Waals surface area contributed by atoms with E-state index in [1.807, 2.05) is 13.8 Å². The Morgan fingerprint density at radius 3 is 1.84 bits per heavy atom. The van der Waals surface area contributed by atoms with E-state index in [1.54, 1.807) is 27.7 Å². The number of esters is 1. The van der Waals surface area contributed by atoms with E-state index in [4.69, 9.17) is 4.74 Å². The molecule has 25 heavy (non-hydrogen) atoms. The van der Waals surface area contributed by atoms with Crippen molar-refractivity contribution in [2.45, 2.75) is 74.7 Å². The minimum atomic E-state index is -0.869. The van der Waals surface area contributed by atoms with Crippen LogP contribution in [-0.4, -0.2) is 22.6 Å². The smallest absolute Gasteiger partial charge is 0.319 e. The normalized spacial score (nSPS) is 14.3. The fraction of sp³-hybridized carbons (Fsp3) is 0.750. The van der Waals surface area contributed by atoms with Crippen molar-refractivity contribution >= 4 is 17.5 Å². The van der Waals surface area contributed by atoms with Crippen molar-refractivity contribution in [1.82, 2.24) is 0 Å². The molecule has 0 aliphatic carbocycles. The third-order valence-corrected chi connectivity index (χ3v) is 3.76. The van der Waals surface area contributed by atoms with Crippen LogP contribution in [0.25, 0.3) is 0 Å². The maximum absolute atomic E-state index is 12.7. The number of Topliss-reactive ketones (excluding diaryl/α,β-unsaturated/α-hetero) is 2. The predicted molar refractivity (Wildman–Crippen MR) is 97.9 cm³/mol. The lowest BCUT2D eigenvalue weighted by Gasteiger charge is -2.18. The molecule has 0 radical (unpaired) electrons. The highest BCUT2D eigenvalue weighted by molar-refractivity contribution is 6.21. The lowest BCUT2D eigenvalue weighted by Crippen LogP contribution is -2.27. The quantitative estimate of drug-likeness (QED) is 0.215. The number of ketones is 2. The van der Waals surface area contributed by atoms with Crippen molar-refractivity contribution in [1.29, 1.82) is 0 Å². The lowest BCUT2D eigenvalue weighted by molar-refractivity contribution is -0.152. The van der Waals surface area contributed by atoms with E-state index >= 15 is 0 Å². The van der Waals surface area contributed by atoms with Gasteiger partial charge in [0, 0.05) is 12.3 Å². The molecule has 1 atom stereocenters. The fourth-order valence-corrected chi connectivity index (χ4v) is 2.09. The molecule has 0 aliphatic heterocycles. The van der Waals surface area contributed by atoms with Crippen LogP contribution in [0.1, 0.15) is 74.7 Å². The molecule has 5 heteroatoms. The Balaban J connectivity index is 5.61. The lowest BCUT2D eigenvalue weighted by atomic mass is 9.89. The Kier molecular flexibility index (Phi) is 9.09. The molecule has 0 saturated carbocycles. The molecule has 5 nitrogen and oxygen atoms in total. The van der Waals surface area contributed by atoms with Crippen LogP contribution >= 0.6 is 0 Å². The summed E-state index contributed by atoms with van der Waals surface area (Å²) in [4.78, 5) is 37.2. The third-order valence-electron chi connectivity index (χ3n) is 3.76. The Morgan fingerprint density at radius 2 is 1.44 bits per heavy atom. The van der Waals surface area contributed by atoms with Crippen LogP contribution in [0.5, 0.6) is 0 Å². The fourth-order valence-electron chi connectivity index (χ4n) is 2.09. The molecule has 0 heterocycles. The minimum Gasteiger partial charge on any atom is -0.480 e. The van der Waals surface area contributed by atoms with Crippen molar-refractivity contribution in [3.05, 3.63) is 11.5 Å². The Labute approximate surface area is 151 Å². The maximum Gasteiger partial charge on any atom is 0.319 e. The predicted octanol–water partition coefficient (Wildman–Crippen LogP) is 4.60. The first-order valence-corrected chi connectivity index (χ1v) is 9.00. The number of hydrogen-bond donors (Lipinski definition) is 1. The number of allylic oxidation sites excluding steroid dienone is 1. The van der Waals surface area contributed by atoms with Crippen molar-refractivity contribution in [3.63, 3.8) is 0 Å². The summed E-state index contributed by atoms with van der Waals surface area (Å²) in [5.41, 5.74) is -1.24. The molecule has 1 N–H and O–H groups in total. The van der Waals surface area contributed by atoms with E-state index in [1.165, 1.54) is 0 Å². The van der Waals surface area contributed by atoms with Gasteiger partial charge in [-0.15, -0.1) is 0 Å². The summed E-state index contributed by atoms with van der Waals surface area (Å²) in [6.07, 6.45) is 1.55. The highest BCUT2D eigenvalue weighted by Gasteiger charge is 2.32. The first-order chi connectivity index (χ1) is 11.3. The van der Waals surface area contributed by atoms with Gasteiger partial charge in [-0.25, -0.2) is 0 Å². The molecule has 0 spiro atoms. The summed E-state index contributed by atoms with van der Waals surface area (Å²) >= 11 is 0. The van der Waals surface area contributed by atoms with E-state index in [9.17, 15) is 19.5 Å². The highest BCUT2D eigenvalue weighted by atomic mass is 16.6. The average molecular weight is 354 g/mol. The van der Waals surface area contributed by atoms with Gasteiger partial charge in [-0.3, -0.25) is 14.4 Å². The highest BCUT2D eigenvalue weighted by Crippen LogP contribution is 2.23. The molecule has 0 rings (SSSR count). The van der Waals surface area contributed by atoms with Gasteiger partial charge in [-0.2, -0.15) is 0 Å². The van der Waals surface area contributed by atoms with Gasteiger partial charge in [0.2, 0.25) is 0 Å². The van der Waals surface area contributed by atoms with E-state index in [-0.39, 0.29) is 17.9 Å². The second kappa shape index (κ2) is 9.73. The maximum atomic E-state index is 12.7. The minimum absolute atomic E-state index is 0.0207. The van der Waals surface area contributed by atoms with Crippen LogP contribution in [-0.2, 0) is 19.1 Å². The average Bonchev–Trinajstić information content (AvgIpc) is 2.42. The topological polar surface area (TPSA) is 80.7 Å². The van der Waals surface area contributed by atoms with Gasteiger partial charge in [-0.1, -0.05) is 41.0 Å². The second-order valence-corrected chi connectivity index (χ2v) is 8.58. The standard InChI is InChI=1S/C20H34O5/c1-12(2)9-10-14(5)17(22)16(15(21)11-13(3)4)18(23)25-19(24)20(6,7)8/h12-14,23H,9-11H2,1-8H3/b18-16-. The number of carbonyl (C=O) groups excluding carboxylic acids is 3. The molecule has 0 aromatic carbocycles. The van der Waals surface area contributed by atoms with Crippen molar-refractivity contribution < 1.29 is 24.2 Å². The first kappa shape index (κ1) is 23.4. The molecule has 0 saturated heterocycles. The first-order valence-electron chi connectivity index (χ1n) is 9.00. The van der Waals surface area contributed by atoms with Crippen molar-refractivity contribution in [2.24, 2.45) is 23.2 Å². The van der Waals surface area contributed by atoms with E-state index in [2.05, 4.69) is 13.8 Å². The largest absolute Gasteiger partial charge is 0.480 e. The van der Waals surface area contributed by atoms with Crippen LogP contribution in [0, 0.1) is 23.2 Å². The second-order valence-electron chi connectivity index (χ2n) is 8.58. The molecule has 0 aliphatic rings. The van der Waals surface area contributed by atoms with Gasteiger partial charge in [-0.05, 0) is 39.0 Å². The molecule has 144 valence electrons. The summed E-state index contributed by atoms with van der Waals surface area (Å²) in [5, 5.41) is 10.2. The van der Waals surface area contributed by atoms with Gasteiger partial charge in [0.25, 0.3) is 5.95 Å². The third kappa shape index (κ3) is 8.32. The summed E-state index contributed by atoms with van der Waals surface area (Å²) in [7, 11) is 0. The summed E-state index contributed by atoms with van der Waals surface area (Å²) in [6, 6.07) is 0. The molecule has 0 aromatic rings. The number of rotatable bonds is 9. The van der Waals surface area contributed by atoms with Crippen LogP contribution < -0.4 is 0 Å². The zero-order valence-electron chi connectivity index (χ0n) is 16.9. The Hall–Kier alpha value is -1.65. The van der Waals surface area contributed by atoms with Crippen LogP contribution in [0.3, 0.4) is 0 Å². The molecule has 0 amide bonds. The molecule has 1 unspecified atom stereocenters. The SMILES string of the molecule is CC(C)CCC(C)C(=O)/C(C(=O)CC(C)C)=C(/O)OC(=O)C(C)(C)C. The van der Waals surface area contributed by atoms with Crippen molar-refractivity contribution in [3.8, 4) is 0 Å². The van der Waals surface area contributed by atoms with Crippen LogP contribution in [0.4, 0.5) is 0 Å². The molecule has 0 bridgehead atoms. The summed E-state index contributed by atoms with van der Waals surface area (Å²) in [5.74, 6) is -2.49. The van der Waals surface area contributed by atoms with E-state index < -0.39 is 34.8 Å². The Morgan fingerprint density at radius 1 is 0.920 bits per heavy atom. The summed E-state index contributed by atoms with van der Waals surface area (Å²) in [6.45, 7) is 14.4. The zero-order chi connectivity index (χ0) is 19.9. The number of carbonyl (C=O) groups is 3. The molecule has 0 aromatic heterocycles. The molecular weight excluding hydrogens is 320 g/mol. The van der Waals surface area contributed by atoms with Gasteiger partial charge in [0.15, 0.2) is 11.6 Å². The summed E-state index contributed by atoms with van der Waals surface area (Å²) < 4.78 is 4.93. The van der Waals surface area contributed by atoms with E-state index in [0.29, 0.717) is 12.3 Å².